The Morgan fingerprint density at radius 1 is 1.33 bits per heavy atom. The number of carbonyl (C=O) groups excluding carboxylic acids is 2. The maximum atomic E-state index is 13.6. The lowest BCUT2D eigenvalue weighted by molar-refractivity contribution is -0.137. The van der Waals surface area contributed by atoms with Crippen molar-refractivity contribution in [2.45, 2.75) is 19.9 Å². The average Bonchev–Trinajstić information content (AvgIpc) is 3.30. The van der Waals surface area contributed by atoms with Gasteiger partial charge in [0.15, 0.2) is 0 Å². The molecule has 9 heteroatoms. The Balaban J connectivity index is 1.83. The van der Waals surface area contributed by atoms with Crippen molar-refractivity contribution < 1.29 is 18.7 Å². The van der Waals surface area contributed by atoms with Crippen LogP contribution in [-0.4, -0.2) is 40.0 Å². The molecular weight excluding hydrogens is 425 g/mol. The number of methoxy groups -OCH3 is 1. The summed E-state index contributed by atoms with van der Waals surface area (Å²) in [7, 11) is 1.37. The lowest BCUT2D eigenvalue weighted by Crippen LogP contribution is -2.12. The van der Waals surface area contributed by atoms with E-state index in [0.29, 0.717) is 23.6 Å². The number of thiazole rings is 1. The van der Waals surface area contributed by atoms with Crippen LogP contribution in [0.15, 0.2) is 35.7 Å². The second-order valence-corrected chi connectivity index (χ2v) is 8.66. The fraction of sp³-hybridized carbons (Fsp3) is 0.286. The third kappa shape index (κ3) is 5.28. The van der Waals surface area contributed by atoms with Gasteiger partial charge in [-0.25, -0.2) is 9.37 Å². The summed E-state index contributed by atoms with van der Waals surface area (Å²) < 4.78 is 20.2. The third-order valence-electron chi connectivity index (χ3n) is 4.58. The minimum absolute atomic E-state index is 0.246. The topological polar surface area (TPSA) is 87.2 Å². The Labute approximate surface area is 182 Å². The van der Waals surface area contributed by atoms with E-state index in [1.54, 1.807) is 12.1 Å². The number of amides is 1. The molecule has 158 valence electrons. The van der Waals surface area contributed by atoms with E-state index in [0.717, 1.165) is 34.1 Å². The van der Waals surface area contributed by atoms with E-state index in [1.807, 2.05) is 22.9 Å². The van der Waals surface area contributed by atoms with Gasteiger partial charge in [0, 0.05) is 29.8 Å². The van der Waals surface area contributed by atoms with Crippen LogP contribution in [0.4, 0.5) is 4.39 Å². The number of aromatic nitrogens is 2. The summed E-state index contributed by atoms with van der Waals surface area (Å²) in [6.07, 6.45) is 0.721. The molecule has 2 aromatic heterocycles. The molecule has 0 atom stereocenters. The van der Waals surface area contributed by atoms with E-state index in [-0.39, 0.29) is 11.8 Å². The molecule has 0 saturated heterocycles. The first-order chi connectivity index (χ1) is 14.4. The molecule has 2 N–H and O–H groups in total. The van der Waals surface area contributed by atoms with Gasteiger partial charge < -0.3 is 15.0 Å². The van der Waals surface area contributed by atoms with E-state index in [1.165, 1.54) is 42.3 Å². The SMILES string of the molecule is COC(=O)CSCCc1nc(-c2cc(C(N)=O)c(C)n2Cc2cccc(F)c2)cs1. The number of hydrogen-bond donors (Lipinski definition) is 1. The van der Waals surface area contributed by atoms with Crippen LogP contribution in [0.3, 0.4) is 0 Å². The summed E-state index contributed by atoms with van der Waals surface area (Å²) in [6.45, 7) is 2.22. The molecule has 0 bridgehead atoms. The van der Waals surface area contributed by atoms with Gasteiger partial charge in [0.25, 0.3) is 5.91 Å². The maximum Gasteiger partial charge on any atom is 0.315 e. The zero-order valence-corrected chi connectivity index (χ0v) is 18.3. The van der Waals surface area contributed by atoms with Crippen LogP contribution in [0.1, 0.15) is 26.6 Å². The predicted molar refractivity (Wildman–Crippen MR) is 117 cm³/mol. The van der Waals surface area contributed by atoms with Crippen LogP contribution in [0, 0.1) is 12.7 Å². The lowest BCUT2D eigenvalue weighted by Gasteiger charge is -2.11. The molecule has 3 rings (SSSR count). The van der Waals surface area contributed by atoms with Crippen LogP contribution >= 0.6 is 23.1 Å². The Bertz CT molecular complexity index is 1060. The van der Waals surface area contributed by atoms with Crippen molar-refractivity contribution in [3.8, 4) is 11.4 Å². The van der Waals surface area contributed by atoms with E-state index in [4.69, 9.17) is 10.7 Å². The maximum absolute atomic E-state index is 13.6. The first-order valence-corrected chi connectivity index (χ1v) is 11.3. The molecule has 2 heterocycles. The zero-order chi connectivity index (χ0) is 21.7. The van der Waals surface area contributed by atoms with Gasteiger partial charge in [0.1, 0.15) is 5.82 Å². The molecule has 0 fully saturated rings. The first kappa shape index (κ1) is 22.0. The quantitative estimate of drug-likeness (QED) is 0.400. The Morgan fingerprint density at radius 3 is 2.83 bits per heavy atom. The largest absolute Gasteiger partial charge is 0.468 e. The second-order valence-electron chi connectivity index (χ2n) is 6.61. The molecule has 3 aromatic rings. The van der Waals surface area contributed by atoms with E-state index in [9.17, 15) is 14.0 Å². The number of thioether (sulfide) groups is 1. The molecule has 0 spiro atoms. The number of hydrogen-bond acceptors (Lipinski definition) is 6. The van der Waals surface area contributed by atoms with E-state index in [2.05, 4.69) is 4.74 Å². The number of aryl methyl sites for hydroxylation is 1. The fourth-order valence-electron chi connectivity index (χ4n) is 3.05. The van der Waals surface area contributed by atoms with Crippen LogP contribution in [0.5, 0.6) is 0 Å². The molecule has 0 unspecified atom stereocenters. The number of carbonyl (C=O) groups is 2. The van der Waals surface area contributed by atoms with Crippen molar-refractivity contribution in [2.75, 3.05) is 18.6 Å². The van der Waals surface area contributed by atoms with Crippen molar-refractivity contribution in [1.82, 2.24) is 9.55 Å². The number of nitrogens with zero attached hydrogens (tertiary/aromatic N) is 2. The number of benzene rings is 1. The number of nitrogens with two attached hydrogens (primary N) is 1. The van der Waals surface area contributed by atoms with Gasteiger partial charge in [0.2, 0.25) is 0 Å². The molecule has 1 amide bonds. The summed E-state index contributed by atoms with van der Waals surface area (Å²) in [5, 5.41) is 2.86. The number of halogens is 1. The summed E-state index contributed by atoms with van der Waals surface area (Å²) >= 11 is 3.01. The summed E-state index contributed by atoms with van der Waals surface area (Å²) in [4.78, 5) is 27.8. The Morgan fingerprint density at radius 2 is 2.13 bits per heavy atom. The molecule has 1 aromatic carbocycles. The Hall–Kier alpha value is -2.65. The van der Waals surface area contributed by atoms with Crippen molar-refractivity contribution in [2.24, 2.45) is 5.73 Å². The van der Waals surface area contributed by atoms with Gasteiger partial charge in [-0.05, 0) is 30.7 Å². The summed E-state index contributed by atoms with van der Waals surface area (Å²) in [5.74, 6) is -0.00939. The average molecular weight is 448 g/mol. The molecule has 0 aliphatic rings. The van der Waals surface area contributed by atoms with E-state index < -0.39 is 5.91 Å². The highest BCUT2D eigenvalue weighted by molar-refractivity contribution is 7.99. The zero-order valence-electron chi connectivity index (χ0n) is 16.7. The van der Waals surface area contributed by atoms with Crippen LogP contribution in [0.2, 0.25) is 0 Å². The highest BCUT2D eigenvalue weighted by Gasteiger charge is 2.19. The molecule has 6 nitrogen and oxygen atoms in total. The van der Waals surface area contributed by atoms with Crippen molar-refractivity contribution >= 4 is 35.0 Å². The second kappa shape index (κ2) is 9.90. The van der Waals surface area contributed by atoms with Gasteiger partial charge in [-0.15, -0.1) is 23.1 Å². The van der Waals surface area contributed by atoms with Crippen molar-refractivity contribution in [1.29, 1.82) is 0 Å². The smallest absolute Gasteiger partial charge is 0.315 e. The Kier molecular flexibility index (Phi) is 7.28. The van der Waals surface area contributed by atoms with Crippen molar-refractivity contribution in [3.63, 3.8) is 0 Å². The molecular formula is C21H22FN3O3S2. The standard InChI is InChI=1S/C21H22FN3O3S2/c1-13-16(21(23)27)9-18(25(13)10-14-4-3-5-15(22)8-14)17-11-30-19(24-17)6-7-29-12-20(26)28-2/h3-5,8-9,11H,6-7,10,12H2,1-2H3,(H2,23,27). The molecule has 0 saturated carbocycles. The number of ether oxygens (including phenoxy) is 1. The minimum Gasteiger partial charge on any atom is -0.468 e. The number of rotatable bonds is 9. The normalized spacial score (nSPS) is 10.9. The minimum atomic E-state index is -0.513. The summed E-state index contributed by atoms with van der Waals surface area (Å²) in [5.41, 5.74) is 8.95. The highest BCUT2D eigenvalue weighted by Crippen LogP contribution is 2.28. The molecule has 0 radical (unpaired) electrons. The lowest BCUT2D eigenvalue weighted by atomic mass is 10.2. The van der Waals surface area contributed by atoms with Gasteiger partial charge in [-0.3, -0.25) is 9.59 Å². The van der Waals surface area contributed by atoms with Crippen molar-refractivity contribution in [3.05, 3.63) is 63.4 Å². The highest BCUT2D eigenvalue weighted by atomic mass is 32.2. The third-order valence-corrected chi connectivity index (χ3v) is 6.42. The molecule has 0 aliphatic heterocycles. The van der Waals surface area contributed by atoms with Gasteiger partial charge in [-0.2, -0.15) is 0 Å². The van der Waals surface area contributed by atoms with Crippen LogP contribution in [0.25, 0.3) is 11.4 Å². The monoisotopic (exact) mass is 447 g/mol. The van der Waals surface area contributed by atoms with E-state index >= 15 is 0 Å². The van der Waals surface area contributed by atoms with Crippen LogP contribution in [-0.2, 0) is 22.5 Å². The number of esters is 1. The van der Waals surface area contributed by atoms with Gasteiger partial charge in [-0.1, -0.05) is 12.1 Å². The van der Waals surface area contributed by atoms with Crippen LogP contribution < -0.4 is 5.73 Å². The fourth-order valence-corrected chi connectivity index (χ4v) is 4.73. The van der Waals surface area contributed by atoms with Gasteiger partial charge >= 0.3 is 5.97 Å². The predicted octanol–water partition coefficient (Wildman–Crippen LogP) is 3.66. The summed E-state index contributed by atoms with van der Waals surface area (Å²) in [6, 6.07) is 8.10. The van der Waals surface area contributed by atoms with Gasteiger partial charge in [0.05, 0.1) is 34.8 Å². The molecule has 0 aliphatic carbocycles. The number of primary amides is 1. The molecule has 30 heavy (non-hydrogen) atoms. The first-order valence-electron chi connectivity index (χ1n) is 9.22.